The number of aromatic nitrogens is 2. The summed E-state index contributed by atoms with van der Waals surface area (Å²) in [6.45, 7) is 3.24. The zero-order chi connectivity index (χ0) is 17.6. The van der Waals surface area contributed by atoms with Gasteiger partial charge in [0.15, 0.2) is 0 Å². The molecule has 2 aromatic carbocycles. The fourth-order valence-electron chi connectivity index (χ4n) is 2.74. The number of carbonyl (C=O) groups is 1. The van der Waals surface area contributed by atoms with Crippen LogP contribution in [0.2, 0.25) is 0 Å². The van der Waals surface area contributed by atoms with Gasteiger partial charge in [-0.25, -0.2) is 4.98 Å². The molecule has 0 aliphatic rings. The smallest absolute Gasteiger partial charge is 0.220 e. The Bertz CT molecular complexity index is 847. The number of nitrogens with one attached hydrogen (secondary N) is 1. The van der Waals surface area contributed by atoms with E-state index >= 15 is 0 Å². The van der Waals surface area contributed by atoms with E-state index in [0.717, 1.165) is 23.1 Å². The van der Waals surface area contributed by atoms with E-state index in [-0.39, 0.29) is 36.8 Å². The first-order valence-corrected chi connectivity index (χ1v) is 8.62. The van der Waals surface area contributed by atoms with E-state index in [1.807, 2.05) is 31.5 Å². The molecule has 1 heterocycles. The number of nitrogens with two attached hydrogens (primary N) is 1. The maximum absolute atomic E-state index is 11.7. The molecule has 1 atom stereocenters. The fourth-order valence-corrected chi connectivity index (χ4v) is 2.74. The van der Waals surface area contributed by atoms with Crippen LogP contribution < -0.4 is 11.1 Å². The number of fused-ring (bicyclic) bond motifs is 1. The van der Waals surface area contributed by atoms with Crippen LogP contribution in [-0.4, -0.2) is 21.5 Å². The number of nitrogens with zero attached hydrogens (tertiary/aromatic N) is 2. The van der Waals surface area contributed by atoms with Crippen LogP contribution in [-0.2, 0) is 17.9 Å². The van der Waals surface area contributed by atoms with E-state index < -0.39 is 0 Å². The molecule has 3 aromatic rings. The molecule has 3 rings (SSSR count). The average Bonchev–Trinajstić information content (AvgIpc) is 3.02. The van der Waals surface area contributed by atoms with Crippen molar-refractivity contribution in [2.24, 2.45) is 5.73 Å². The van der Waals surface area contributed by atoms with Gasteiger partial charge in [-0.15, -0.1) is 24.8 Å². The third-order valence-corrected chi connectivity index (χ3v) is 4.22. The number of carbonyl (C=O) groups excluding carboxylic acids is 1. The Kier molecular flexibility index (Phi) is 9.29. The third kappa shape index (κ3) is 6.54. The molecule has 0 radical (unpaired) electrons. The predicted octanol–water partition coefficient (Wildman–Crippen LogP) is 3.67. The summed E-state index contributed by atoms with van der Waals surface area (Å²) in [6.07, 6.45) is 3.06. The maximum atomic E-state index is 11.7. The lowest BCUT2D eigenvalue weighted by Crippen LogP contribution is -2.25. The number of amides is 1. The fraction of sp³-hybridized carbons (Fsp3) is 0.300. The highest BCUT2D eigenvalue weighted by atomic mass is 35.5. The first-order valence-electron chi connectivity index (χ1n) is 8.62. The minimum absolute atomic E-state index is 0. The Morgan fingerprint density at radius 3 is 2.48 bits per heavy atom. The van der Waals surface area contributed by atoms with E-state index in [0.29, 0.717) is 19.4 Å². The average molecular weight is 409 g/mol. The first kappa shape index (κ1) is 23.0. The normalized spacial score (nSPS) is 11.3. The van der Waals surface area contributed by atoms with Gasteiger partial charge in [-0.2, -0.15) is 0 Å². The van der Waals surface area contributed by atoms with Crippen LogP contribution in [0.4, 0.5) is 0 Å². The number of halogens is 2. The highest BCUT2D eigenvalue weighted by Crippen LogP contribution is 2.14. The minimum Gasteiger partial charge on any atom is -0.352 e. The third-order valence-electron chi connectivity index (χ3n) is 4.22. The van der Waals surface area contributed by atoms with Gasteiger partial charge in [-0.05, 0) is 36.6 Å². The summed E-state index contributed by atoms with van der Waals surface area (Å²) in [7, 11) is 0. The molecule has 146 valence electrons. The number of hydrogen-bond acceptors (Lipinski definition) is 3. The summed E-state index contributed by atoms with van der Waals surface area (Å²) in [6, 6.07) is 16.5. The molecular weight excluding hydrogens is 383 g/mol. The second-order valence-corrected chi connectivity index (χ2v) is 6.47. The zero-order valence-electron chi connectivity index (χ0n) is 15.3. The molecule has 0 aliphatic heterocycles. The molecule has 27 heavy (non-hydrogen) atoms. The summed E-state index contributed by atoms with van der Waals surface area (Å²) < 4.78 is 2.14. The molecule has 0 aliphatic carbocycles. The molecular formula is C20H26Cl2N4O. The van der Waals surface area contributed by atoms with Crippen molar-refractivity contribution in [1.82, 2.24) is 14.9 Å². The summed E-state index contributed by atoms with van der Waals surface area (Å²) in [5, 5.41) is 2.93. The van der Waals surface area contributed by atoms with Crippen molar-refractivity contribution in [3.63, 3.8) is 0 Å². The summed E-state index contributed by atoms with van der Waals surface area (Å²) >= 11 is 0. The summed E-state index contributed by atoms with van der Waals surface area (Å²) in [5.41, 5.74) is 10.1. The number of imidazole rings is 1. The van der Waals surface area contributed by atoms with Gasteiger partial charge in [0.2, 0.25) is 5.91 Å². The van der Waals surface area contributed by atoms with Crippen molar-refractivity contribution < 1.29 is 4.79 Å². The van der Waals surface area contributed by atoms with Crippen molar-refractivity contribution in [3.05, 3.63) is 66.0 Å². The molecule has 1 amide bonds. The van der Waals surface area contributed by atoms with E-state index in [1.54, 1.807) is 0 Å². The van der Waals surface area contributed by atoms with Crippen molar-refractivity contribution >= 4 is 41.8 Å². The minimum atomic E-state index is 0. The number of benzene rings is 2. The van der Waals surface area contributed by atoms with E-state index in [4.69, 9.17) is 5.73 Å². The molecule has 1 unspecified atom stereocenters. The van der Waals surface area contributed by atoms with E-state index in [2.05, 4.69) is 45.2 Å². The van der Waals surface area contributed by atoms with Crippen LogP contribution in [0.3, 0.4) is 0 Å². The van der Waals surface area contributed by atoms with E-state index in [1.165, 1.54) is 5.56 Å². The van der Waals surface area contributed by atoms with Gasteiger partial charge in [0.25, 0.3) is 0 Å². The lowest BCUT2D eigenvalue weighted by Gasteiger charge is -2.08. The van der Waals surface area contributed by atoms with Gasteiger partial charge < -0.3 is 15.6 Å². The van der Waals surface area contributed by atoms with Gasteiger partial charge in [-0.3, -0.25) is 4.79 Å². The monoisotopic (exact) mass is 408 g/mol. The lowest BCUT2D eigenvalue weighted by molar-refractivity contribution is -0.121. The molecule has 0 saturated heterocycles. The molecule has 0 bridgehead atoms. The van der Waals surface area contributed by atoms with Crippen LogP contribution in [0.5, 0.6) is 0 Å². The van der Waals surface area contributed by atoms with Crippen LogP contribution in [0, 0.1) is 0 Å². The number of rotatable bonds is 7. The first-order chi connectivity index (χ1) is 12.1. The molecule has 0 fully saturated rings. The Hall–Kier alpha value is -2.08. The summed E-state index contributed by atoms with van der Waals surface area (Å²) in [4.78, 5) is 16.2. The predicted molar refractivity (Wildman–Crippen MR) is 115 cm³/mol. The number of para-hydroxylation sites is 2. The Morgan fingerprint density at radius 2 is 1.78 bits per heavy atom. The van der Waals surface area contributed by atoms with Crippen molar-refractivity contribution in [1.29, 1.82) is 0 Å². The molecule has 7 heteroatoms. The number of hydrogen-bond donors (Lipinski definition) is 2. The molecule has 5 nitrogen and oxygen atoms in total. The van der Waals surface area contributed by atoms with Crippen LogP contribution in [0.1, 0.15) is 30.9 Å². The van der Waals surface area contributed by atoms with Gasteiger partial charge in [-0.1, -0.05) is 36.4 Å². The quantitative estimate of drug-likeness (QED) is 0.626. The van der Waals surface area contributed by atoms with Crippen LogP contribution in [0.15, 0.2) is 54.9 Å². The van der Waals surface area contributed by atoms with Crippen molar-refractivity contribution in [3.8, 4) is 0 Å². The second-order valence-electron chi connectivity index (χ2n) is 6.47. The topological polar surface area (TPSA) is 72.9 Å². The molecule has 0 spiro atoms. The Labute approximate surface area is 172 Å². The van der Waals surface area contributed by atoms with Crippen LogP contribution >= 0.6 is 24.8 Å². The SMILES string of the molecule is CC(N)CCC(=O)NCc1ccc(Cn2cnc3ccccc32)cc1.Cl.Cl. The van der Waals surface area contributed by atoms with Gasteiger partial charge in [0, 0.05) is 25.6 Å². The molecule has 0 saturated carbocycles. The van der Waals surface area contributed by atoms with Gasteiger partial charge in [0.05, 0.1) is 17.4 Å². The van der Waals surface area contributed by atoms with Crippen LogP contribution in [0.25, 0.3) is 11.0 Å². The molecule has 1 aromatic heterocycles. The van der Waals surface area contributed by atoms with Crippen molar-refractivity contribution in [2.75, 3.05) is 0 Å². The summed E-state index contributed by atoms with van der Waals surface area (Å²) in [5.74, 6) is 0.0475. The zero-order valence-corrected chi connectivity index (χ0v) is 16.9. The second kappa shape index (κ2) is 10.9. The Morgan fingerprint density at radius 1 is 1.11 bits per heavy atom. The van der Waals surface area contributed by atoms with E-state index in [9.17, 15) is 4.79 Å². The van der Waals surface area contributed by atoms with Gasteiger partial charge in [0.1, 0.15) is 0 Å². The highest BCUT2D eigenvalue weighted by Gasteiger charge is 2.05. The molecule has 3 N–H and O–H groups in total. The van der Waals surface area contributed by atoms with Crippen molar-refractivity contribution in [2.45, 2.75) is 38.9 Å². The lowest BCUT2D eigenvalue weighted by atomic mass is 10.1. The highest BCUT2D eigenvalue weighted by molar-refractivity contribution is 5.85. The maximum Gasteiger partial charge on any atom is 0.220 e. The standard InChI is InChI=1S/C20H24N4O.2ClH/c1-15(21)6-11-20(25)22-12-16-7-9-17(10-8-16)13-24-14-23-18-4-2-3-5-19(18)24;;/h2-5,7-10,14-15H,6,11-13,21H2,1H3,(H,22,25);2*1H. The van der Waals surface area contributed by atoms with Gasteiger partial charge >= 0.3 is 0 Å². The Balaban J connectivity index is 0.00000182. The largest absolute Gasteiger partial charge is 0.352 e.